The number of rotatable bonds is 3. The van der Waals surface area contributed by atoms with Crippen LogP contribution in [-0.2, 0) is 6.54 Å². The zero-order chi connectivity index (χ0) is 20.0. The standard InChI is InChI=1S/C21H20N6OS/c1-13-18-12-23-19(20-24-14(2)25-29-20)27(18)11-10-26(13)21(28)16-7-5-15(6-8-16)17-4-3-9-22-17/h3-9,12-13,22H,10-11H2,1-2H3. The largest absolute Gasteiger partial charge is 0.361 e. The van der Waals surface area contributed by atoms with Gasteiger partial charge < -0.3 is 14.5 Å². The quantitative estimate of drug-likeness (QED) is 0.561. The Morgan fingerprint density at radius 1 is 1.21 bits per heavy atom. The molecule has 4 aromatic rings. The maximum absolute atomic E-state index is 13.2. The first kappa shape index (κ1) is 17.8. The van der Waals surface area contributed by atoms with Gasteiger partial charge in [0.25, 0.3) is 5.91 Å². The van der Waals surface area contributed by atoms with Crippen molar-refractivity contribution in [2.24, 2.45) is 0 Å². The van der Waals surface area contributed by atoms with Gasteiger partial charge in [0.05, 0.1) is 17.9 Å². The van der Waals surface area contributed by atoms with Crippen LogP contribution in [0.5, 0.6) is 0 Å². The summed E-state index contributed by atoms with van der Waals surface area (Å²) in [5.41, 5.74) is 3.82. The van der Waals surface area contributed by atoms with Crippen molar-refractivity contribution in [3.63, 3.8) is 0 Å². The molecule has 3 aromatic heterocycles. The van der Waals surface area contributed by atoms with E-state index in [2.05, 4.69) is 23.9 Å². The Bertz CT molecular complexity index is 1160. The van der Waals surface area contributed by atoms with E-state index < -0.39 is 0 Å². The lowest BCUT2D eigenvalue weighted by Crippen LogP contribution is -2.41. The molecule has 1 unspecified atom stereocenters. The SMILES string of the molecule is Cc1nsc(-c2ncc3n2CCN(C(=O)c2ccc(-c4ccc[nH]4)cc2)C3C)n1. The van der Waals surface area contributed by atoms with Crippen LogP contribution in [0.1, 0.15) is 34.8 Å². The fourth-order valence-electron chi connectivity index (χ4n) is 3.82. The van der Waals surface area contributed by atoms with Crippen LogP contribution in [-0.4, -0.2) is 41.2 Å². The van der Waals surface area contributed by atoms with Gasteiger partial charge in [-0.05, 0) is 55.2 Å². The summed E-state index contributed by atoms with van der Waals surface area (Å²) in [5.74, 6) is 1.63. The molecule has 0 saturated heterocycles. The maximum Gasteiger partial charge on any atom is 0.254 e. The number of H-pyrrole nitrogens is 1. The number of hydrogen-bond acceptors (Lipinski definition) is 5. The number of benzene rings is 1. The van der Waals surface area contributed by atoms with E-state index in [9.17, 15) is 4.79 Å². The minimum absolute atomic E-state index is 0.0382. The van der Waals surface area contributed by atoms with Crippen molar-refractivity contribution >= 4 is 17.4 Å². The Morgan fingerprint density at radius 3 is 2.72 bits per heavy atom. The topological polar surface area (TPSA) is 79.7 Å². The predicted octanol–water partition coefficient (Wildman–Crippen LogP) is 3.92. The number of aryl methyl sites for hydroxylation is 1. The van der Waals surface area contributed by atoms with Gasteiger partial charge in [0.15, 0.2) is 10.8 Å². The van der Waals surface area contributed by atoms with E-state index in [-0.39, 0.29) is 11.9 Å². The molecule has 8 heteroatoms. The number of nitrogens with zero attached hydrogens (tertiary/aromatic N) is 5. The molecule has 7 nitrogen and oxygen atoms in total. The Morgan fingerprint density at radius 2 is 2.03 bits per heavy atom. The zero-order valence-corrected chi connectivity index (χ0v) is 17.0. The fourth-order valence-corrected chi connectivity index (χ4v) is 4.50. The second-order valence-corrected chi connectivity index (χ2v) is 7.89. The van der Waals surface area contributed by atoms with Crippen LogP contribution in [0.4, 0.5) is 0 Å². The molecular weight excluding hydrogens is 384 g/mol. The Hall–Kier alpha value is -3.26. The first-order valence-corrected chi connectivity index (χ1v) is 10.3. The Labute approximate surface area is 172 Å². The van der Waals surface area contributed by atoms with E-state index in [0.717, 1.165) is 33.6 Å². The Kier molecular flexibility index (Phi) is 4.28. The molecule has 0 bridgehead atoms. The third-order valence-electron chi connectivity index (χ3n) is 5.37. The summed E-state index contributed by atoms with van der Waals surface area (Å²) >= 11 is 1.36. The van der Waals surface area contributed by atoms with Crippen LogP contribution in [0.25, 0.3) is 22.1 Å². The molecule has 4 heterocycles. The van der Waals surface area contributed by atoms with Gasteiger partial charge in [-0.25, -0.2) is 9.97 Å². The van der Waals surface area contributed by atoms with Gasteiger partial charge in [0.2, 0.25) is 0 Å². The van der Waals surface area contributed by atoms with Crippen molar-refractivity contribution in [1.29, 1.82) is 0 Å². The van der Waals surface area contributed by atoms with Gasteiger partial charge >= 0.3 is 0 Å². The normalized spacial score (nSPS) is 16.1. The molecule has 1 aliphatic rings. The van der Waals surface area contributed by atoms with Crippen LogP contribution >= 0.6 is 11.5 Å². The monoisotopic (exact) mass is 404 g/mol. The molecule has 0 spiro atoms. The molecule has 1 atom stereocenters. The number of nitrogens with one attached hydrogen (secondary N) is 1. The number of carbonyl (C=O) groups is 1. The number of imidazole rings is 1. The summed E-state index contributed by atoms with van der Waals surface area (Å²) in [6.45, 7) is 5.25. The highest BCUT2D eigenvalue weighted by atomic mass is 32.1. The molecular formula is C21H20N6OS. The van der Waals surface area contributed by atoms with Crippen molar-refractivity contribution in [2.75, 3.05) is 6.54 Å². The van der Waals surface area contributed by atoms with E-state index in [0.29, 0.717) is 18.7 Å². The summed E-state index contributed by atoms with van der Waals surface area (Å²) < 4.78 is 6.41. The lowest BCUT2D eigenvalue weighted by Gasteiger charge is -2.35. The summed E-state index contributed by atoms with van der Waals surface area (Å²) in [7, 11) is 0. The number of carbonyl (C=O) groups excluding carboxylic acids is 1. The van der Waals surface area contributed by atoms with Crippen LogP contribution in [0.2, 0.25) is 0 Å². The van der Waals surface area contributed by atoms with Crippen LogP contribution in [0, 0.1) is 6.92 Å². The van der Waals surface area contributed by atoms with Gasteiger partial charge in [0, 0.05) is 30.5 Å². The van der Waals surface area contributed by atoms with Crippen molar-refractivity contribution in [1.82, 2.24) is 28.8 Å². The summed E-state index contributed by atoms with van der Waals surface area (Å²) in [5, 5.41) is 0.820. The zero-order valence-electron chi connectivity index (χ0n) is 16.2. The first-order chi connectivity index (χ1) is 14.1. The van der Waals surface area contributed by atoms with Crippen LogP contribution < -0.4 is 0 Å². The van der Waals surface area contributed by atoms with E-state index in [1.54, 1.807) is 0 Å². The van der Waals surface area contributed by atoms with Gasteiger partial charge in [-0.1, -0.05) is 12.1 Å². The molecule has 146 valence electrons. The van der Waals surface area contributed by atoms with E-state index in [1.807, 2.05) is 67.5 Å². The van der Waals surface area contributed by atoms with Gasteiger partial charge in [-0.2, -0.15) is 4.37 Å². The van der Waals surface area contributed by atoms with Crippen LogP contribution in [0.3, 0.4) is 0 Å². The maximum atomic E-state index is 13.2. The minimum Gasteiger partial charge on any atom is -0.361 e. The number of amides is 1. The summed E-state index contributed by atoms with van der Waals surface area (Å²) in [6.07, 6.45) is 3.74. The van der Waals surface area contributed by atoms with Crippen molar-refractivity contribution < 1.29 is 4.79 Å². The third kappa shape index (κ3) is 3.05. The molecule has 1 amide bonds. The lowest BCUT2D eigenvalue weighted by molar-refractivity contribution is 0.0645. The van der Waals surface area contributed by atoms with Crippen molar-refractivity contribution in [3.05, 3.63) is 65.9 Å². The highest BCUT2D eigenvalue weighted by Gasteiger charge is 2.31. The fraction of sp³-hybridized carbons (Fsp3) is 0.238. The van der Waals surface area contributed by atoms with Crippen LogP contribution in [0.15, 0.2) is 48.8 Å². The summed E-state index contributed by atoms with van der Waals surface area (Å²) in [6, 6.07) is 11.7. The minimum atomic E-state index is -0.0606. The van der Waals surface area contributed by atoms with E-state index >= 15 is 0 Å². The molecule has 1 aromatic carbocycles. The van der Waals surface area contributed by atoms with E-state index in [1.165, 1.54) is 11.5 Å². The molecule has 0 aliphatic carbocycles. The molecule has 0 saturated carbocycles. The number of aromatic amines is 1. The van der Waals surface area contributed by atoms with Crippen molar-refractivity contribution in [3.8, 4) is 22.1 Å². The Balaban J connectivity index is 1.39. The molecule has 0 fully saturated rings. The second kappa shape index (κ2) is 6.97. The average Bonchev–Trinajstić information content (AvgIpc) is 3.48. The van der Waals surface area contributed by atoms with Gasteiger partial charge in [-0.3, -0.25) is 4.79 Å². The molecule has 1 aliphatic heterocycles. The predicted molar refractivity (Wildman–Crippen MR) is 112 cm³/mol. The van der Waals surface area contributed by atoms with Crippen molar-refractivity contribution in [2.45, 2.75) is 26.4 Å². The smallest absolute Gasteiger partial charge is 0.254 e. The average molecular weight is 404 g/mol. The second-order valence-electron chi connectivity index (χ2n) is 7.14. The number of aromatic nitrogens is 5. The molecule has 5 rings (SSSR count). The molecule has 29 heavy (non-hydrogen) atoms. The lowest BCUT2D eigenvalue weighted by atomic mass is 10.1. The molecule has 0 radical (unpaired) electrons. The van der Waals surface area contributed by atoms with Gasteiger partial charge in [0.1, 0.15) is 5.82 Å². The number of hydrogen-bond donors (Lipinski definition) is 1. The third-order valence-corrected chi connectivity index (χ3v) is 6.17. The number of fused-ring (bicyclic) bond motifs is 1. The highest BCUT2D eigenvalue weighted by Crippen LogP contribution is 2.31. The summed E-state index contributed by atoms with van der Waals surface area (Å²) in [4.78, 5) is 27.3. The van der Waals surface area contributed by atoms with Gasteiger partial charge in [-0.15, -0.1) is 0 Å². The molecule has 1 N–H and O–H groups in total. The highest BCUT2D eigenvalue weighted by molar-refractivity contribution is 7.09. The first-order valence-electron chi connectivity index (χ1n) is 9.53. The van der Waals surface area contributed by atoms with E-state index in [4.69, 9.17) is 0 Å².